The highest BCUT2D eigenvalue weighted by atomic mass is 32.2. The molecule has 0 spiro atoms. The molecule has 0 atom stereocenters. The van der Waals surface area contributed by atoms with Gasteiger partial charge in [0.25, 0.3) is 5.91 Å². The highest BCUT2D eigenvalue weighted by Crippen LogP contribution is 2.44. The molecule has 2 N–H and O–H groups in total. The second kappa shape index (κ2) is 6.84. The van der Waals surface area contributed by atoms with E-state index in [1.807, 2.05) is 0 Å². The van der Waals surface area contributed by atoms with Gasteiger partial charge in [0.1, 0.15) is 17.1 Å². The molecule has 0 saturated carbocycles. The standard InChI is InChI=1S/C20H18FN3O5S/c1-23(30(2,28)29)18-13-4-3-7-22-17(13)19(26)16-14(18)10-24(20(16)27)9-11-5-6-12(21)8-15(11)25/h3-8,25-26H,9-10H2,1-2H3. The number of rotatable bonds is 4. The third kappa shape index (κ3) is 3.09. The predicted octanol–water partition coefficient (Wildman–Crippen LogP) is 2.34. The lowest BCUT2D eigenvalue weighted by molar-refractivity contribution is 0.0764. The Morgan fingerprint density at radius 1 is 1.27 bits per heavy atom. The van der Waals surface area contributed by atoms with Gasteiger partial charge in [0, 0.05) is 48.9 Å². The number of fused-ring (bicyclic) bond motifs is 2. The fourth-order valence-electron chi connectivity index (χ4n) is 3.66. The zero-order chi connectivity index (χ0) is 21.8. The predicted molar refractivity (Wildman–Crippen MR) is 108 cm³/mol. The van der Waals surface area contributed by atoms with E-state index in [4.69, 9.17) is 0 Å². The van der Waals surface area contributed by atoms with E-state index in [0.29, 0.717) is 16.5 Å². The van der Waals surface area contributed by atoms with Gasteiger partial charge in [0.15, 0.2) is 5.75 Å². The summed E-state index contributed by atoms with van der Waals surface area (Å²) in [4.78, 5) is 18.6. The number of halogens is 1. The summed E-state index contributed by atoms with van der Waals surface area (Å²) >= 11 is 0. The van der Waals surface area contributed by atoms with E-state index in [-0.39, 0.29) is 41.4 Å². The molecule has 156 valence electrons. The number of carbonyl (C=O) groups excluding carboxylic acids is 1. The molecule has 2 heterocycles. The van der Waals surface area contributed by atoms with Crippen molar-refractivity contribution in [2.45, 2.75) is 13.1 Å². The van der Waals surface area contributed by atoms with E-state index in [2.05, 4.69) is 4.98 Å². The quantitative estimate of drug-likeness (QED) is 0.656. The molecule has 0 fully saturated rings. The van der Waals surface area contributed by atoms with E-state index in [1.54, 1.807) is 12.1 Å². The molecule has 8 nitrogen and oxygen atoms in total. The summed E-state index contributed by atoms with van der Waals surface area (Å²) in [5.74, 6) is -1.79. The topological polar surface area (TPSA) is 111 Å². The lowest BCUT2D eigenvalue weighted by atomic mass is 10.0. The van der Waals surface area contributed by atoms with Gasteiger partial charge in [0.05, 0.1) is 17.5 Å². The number of benzene rings is 2. The smallest absolute Gasteiger partial charge is 0.258 e. The molecular weight excluding hydrogens is 413 g/mol. The third-order valence-corrected chi connectivity index (χ3v) is 6.36. The van der Waals surface area contributed by atoms with Crippen LogP contribution in [0.4, 0.5) is 10.1 Å². The highest BCUT2D eigenvalue weighted by Gasteiger charge is 2.37. The highest BCUT2D eigenvalue weighted by molar-refractivity contribution is 7.92. The van der Waals surface area contributed by atoms with Crippen molar-refractivity contribution in [2.24, 2.45) is 0 Å². The summed E-state index contributed by atoms with van der Waals surface area (Å²) in [5.41, 5.74) is 0.993. The van der Waals surface area contributed by atoms with Crippen molar-refractivity contribution >= 4 is 32.5 Å². The van der Waals surface area contributed by atoms with Crippen molar-refractivity contribution in [3.8, 4) is 11.5 Å². The SMILES string of the molecule is CN(c1c2c(c(O)c3ncccc13)C(=O)N(Cc1ccc(F)cc1O)C2)S(C)(=O)=O. The fraction of sp³-hybridized carbons (Fsp3) is 0.200. The molecule has 2 aromatic carbocycles. The van der Waals surface area contributed by atoms with Crippen LogP contribution in [0.15, 0.2) is 36.5 Å². The number of hydrogen-bond donors (Lipinski definition) is 2. The molecule has 30 heavy (non-hydrogen) atoms. The molecule has 0 saturated heterocycles. The van der Waals surface area contributed by atoms with Gasteiger partial charge in [0.2, 0.25) is 10.0 Å². The lowest BCUT2D eigenvalue weighted by Gasteiger charge is -2.22. The van der Waals surface area contributed by atoms with Crippen molar-refractivity contribution < 1.29 is 27.8 Å². The average molecular weight is 431 g/mol. The molecule has 0 radical (unpaired) electrons. The van der Waals surface area contributed by atoms with Gasteiger partial charge in [-0.05, 0) is 18.2 Å². The number of phenols is 2. The van der Waals surface area contributed by atoms with Crippen molar-refractivity contribution in [1.82, 2.24) is 9.88 Å². The first-order valence-electron chi connectivity index (χ1n) is 8.92. The number of aromatic hydroxyl groups is 2. The van der Waals surface area contributed by atoms with Crippen LogP contribution >= 0.6 is 0 Å². The largest absolute Gasteiger partial charge is 0.507 e. The Balaban J connectivity index is 1.89. The number of anilines is 1. The van der Waals surface area contributed by atoms with Crippen molar-refractivity contribution in [1.29, 1.82) is 0 Å². The maximum Gasteiger partial charge on any atom is 0.258 e. The molecule has 0 aliphatic carbocycles. The van der Waals surface area contributed by atoms with Crippen molar-refractivity contribution in [3.05, 3.63) is 59.0 Å². The first kappa shape index (κ1) is 19.9. The molecule has 3 aromatic rings. The summed E-state index contributed by atoms with van der Waals surface area (Å²) in [6, 6.07) is 6.71. The van der Waals surface area contributed by atoms with Crippen molar-refractivity contribution in [2.75, 3.05) is 17.6 Å². The van der Waals surface area contributed by atoms with Crippen LogP contribution in [-0.4, -0.2) is 47.7 Å². The summed E-state index contributed by atoms with van der Waals surface area (Å²) in [6.07, 6.45) is 2.48. The lowest BCUT2D eigenvalue weighted by Crippen LogP contribution is -2.26. The van der Waals surface area contributed by atoms with Gasteiger partial charge in [-0.25, -0.2) is 12.8 Å². The van der Waals surface area contributed by atoms with Crippen LogP contribution in [0.3, 0.4) is 0 Å². The van der Waals surface area contributed by atoms with Gasteiger partial charge < -0.3 is 15.1 Å². The Labute approximate surface area is 171 Å². The first-order valence-corrected chi connectivity index (χ1v) is 10.8. The van der Waals surface area contributed by atoms with Crippen LogP contribution in [0.25, 0.3) is 10.9 Å². The van der Waals surface area contributed by atoms with Crippen molar-refractivity contribution in [3.63, 3.8) is 0 Å². The van der Waals surface area contributed by atoms with Gasteiger partial charge in [-0.2, -0.15) is 0 Å². The average Bonchev–Trinajstić information content (AvgIpc) is 3.00. The molecule has 1 amide bonds. The number of hydrogen-bond acceptors (Lipinski definition) is 6. The molecule has 10 heteroatoms. The monoisotopic (exact) mass is 431 g/mol. The minimum absolute atomic E-state index is 0.00142. The van der Waals surface area contributed by atoms with Crippen LogP contribution in [-0.2, 0) is 23.1 Å². The Bertz CT molecular complexity index is 1310. The summed E-state index contributed by atoms with van der Waals surface area (Å²) in [7, 11) is -2.31. The first-order chi connectivity index (χ1) is 14.1. The Hall–Kier alpha value is -3.40. The molecule has 1 aromatic heterocycles. The summed E-state index contributed by atoms with van der Waals surface area (Å²) in [6.45, 7) is -0.0521. The van der Waals surface area contributed by atoms with Crippen LogP contribution in [0, 0.1) is 5.82 Å². The van der Waals surface area contributed by atoms with Crippen LogP contribution in [0.1, 0.15) is 21.5 Å². The fourth-order valence-corrected chi connectivity index (χ4v) is 4.20. The normalized spacial score (nSPS) is 13.7. The van der Waals surface area contributed by atoms with E-state index in [1.165, 1.54) is 30.3 Å². The number of sulfonamides is 1. The molecule has 1 aliphatic heterocycles. The van der Waals surface area contributed by atoms with E-state index < -0.39 is 21.7 Å². The van der Waals surface area contributed by atoms with Gasteiger partial charge >= 0.3 is 0 Å². The second-order valence-corrected chi connectivity index (χ2v) is 9.13. The minimum atomic E-state index is -3.67. The number of carbonyl (C=O) groups is 1. The van der Waals surface area contributed by atoms with Crippen LogP contribution < -0.4 is 4.31 Å². The molecule has 1 aliphatic rings. The van der Waals surface area contributed by atoms with E-state index in [0.717, 1.165) is 16.6 Å². The van der Waals surface area contributed by atoms with Gasteiger partial charge in [-0.1, -0.05) is 6.07 Å². The maximum absolute atomic E-state index is 13.3. The van der Waals surface area contributed by atoms with Gasteiger partial charge in [-0.3, -0.25) is 14.1 Å². The summed E-state index contributed by atoms with van der Waals surface area (Å²) in [5, 5.41) is 21.1. The number of nitrogens with zero attached hydrogens (tertiary/aromatic N) is 3. The Kier molecular flexibility index (Phi) is 4.53. The number of amides is 1. The third-order valence-electron chi connectivity index (χ3n) is 5.18. The zero-order valence-corrected chi connectivity index (χ0v) is 16.9. The maximum atomic E-state index is 13.3. The Morgan fingerprint density at radius 3 is 2.67 bits per heavy atom. The van der Waals surface area contributed by atoms with Crippen LogP contribution in [0.2, 0.25) is 0 Å². The molecular formula is C20H18FN3O5S. The minimum Gasteiger partial charge on any atom is -0.507 e. The number of aromatic nitrogens is 1. The Morgan fingerprint density at radius 2 is 2.00 bits per heavy atom. The molecule has 0 bridgehead atoms. The molecule has 0 unspecified atom stereocenters. The van der Waals surface area contributed by atoms with Crippen LogP contribution in [0.5, 0.6) is 11.5 Å². The molecule has 4 rings (SSSR count). The number of phenolic OH excluding ortho intramolecular Hbond substituents is 2. The van der Waals surface area contributed by atoms with Gasteiger partial charge in [-0.15, -0.1) is 0 Å². The number of pyridine rings is 1. The van der Waals surface area contributed by atoms with E-state index >= 15 is 0 Å². The summed E-state index contributed by atoms with van der Waals surface area (Å²) < 4.78 is 38.9. The van der Waals surface area contributed by atoms with E-state index in [9.17, 15) is 27.8 Å². The second-order valence-electron chi connectivity index (χ2n) is 7.12. The zero-order valence-electron chi connectivity index (χ0n) is 16.1.